The molecule has 1 aromatic rings. The average molecular weight is 456 g/mol. The number of hydrogen-bond acceptors (Lipinski definition) is 4. The predicted octanol–water partition coefficient (Wildman–Crippen LogP) is 6.67. The lowest BCUT2D eigenvalue weighted by Gasteiger charge is -2.60. The molecule has 1 aromatic carbocycles. The highest BCUT2D eigenvalue weighted by atomic mass is 16.7. The molecule has 1 aliphatic heterocycles. The van der Waals surface area contributed by atoms with E-state index in [9.17, 15) is 0 Å². The Morgan fingerprint density at radius 2 is 1.61 bits per heavy atom. The van der Waals surface area contributed by atoms with Crippen molar-refractivity contribution in [3.8, 4) is 11.5 Å². The number of nitrogens with one attached hydrogen (secondary N) is 1. The van der Waals surface area contributed by atoms with Crippen LogP contribution in [-0.4, -0.2) is 25.5 Å². The first-order chi connectivity index (χ1) is 15.4. The summed E-state index contributed by atoms with van der Waals surface area (Å²) in [6.45, 7) is 14.8. The van der Waals surface area contributed by atoms with Crippen LogP contribution in [0, 0.1) is 28.6 Å². The molecule has 4 saturated carbocycles. The topological polar surface area (TPSA) is 39.7 Å². The van der Waals surface area contributed by atoms with E-state index in [2.05, 4.69) is 65.1 Å². The fraction of sp³-hybridized carbons (Fsp3) is 0.793. The zero-order chi connectivity index (χ0) is 23.6. The van der Waals surface area contributed by atoms with Crippen LogP contribution in [0.5, 0.6) is 11.5 Å². The average Bonchev–Trinajstić information content (AvgIpc) is 2.69. The lowest BCUT2D eigenvalue weighted by molar-refractivity contribution is -0.226. The van der Waals surface area contributed by atoms with Crippen LogP contribution in [0.4, 0.5) is 0 Å². The molecular weight excluding hydrogens is 410 g/mol. The minimum absolute atomic E-state index is 0.0397. The van der Waals surface area contributed by atoms with E-state index in [0.717, 1.165) is 42.2 Å². The van der Waals surface area contributed by atoms with Crippen LogP contribution in [0.1, 0.15) is 92.1 Å². The van der Waals surface area contributed by atoms with Gasteiger partial charge in [-0.1, -0.05) is 40.7 Å². The van der Waals surface area contributed by atoms with Gasteiger partial charge in [0.1, 0.15) is 0 Å². The van der Waals surface area contributed by atoms with E-state index in [-0.39, 0.29) is 28.3 Å². The summed E-state index contributed by atoms with van der Waals surface area (Å²) in [6, 6.07) is 6.51. The molecule has 184 valence electrons. The third-order valence-corrected chi connectivity index (χ3v) is 9.13. The summed E-state index contributed by atoms with van der Waals surface area (Å²) in [7, 11) is 1.74. The molecule has 4 bridgehead atoms. The van der Waals surface area contributed by atoms with E-state index >= 15 is 0 Å². The van der Waals surface area contributed by atoms with Crippen LogP contribution in [0.25, 0.3) is 0 Å². The van der Waals surface area contributed by atoms with Gasteiger partial charge in [-0.2, -0.15) is 0 Å². The van der Waals surface area contributed by atoms with Gasteiger partial charge >= 0.3 is 0 Å². The van der Waals surface area contributed by atoms with Crippen LogP contribution in [0.3, 0.4) is 0 Å². The molecule has 0 amide bonds. The smallest absolute Gasteiger partial charge is 0.197 e. The van der Waals surface area contributed by atoms with Crippen molar-refractivity contribution in [2.24, 2.45) is 28.6 Å². The molecule has 4 aliphatic carbocycles. The summed E-state index contributed by atoms with van der Waals surface area (Å²) >= 11 is 0. The molecule has 0 radical (unpaired) electrons. The van der Waals surface area contributed by atoms with Gasteiger partial charge in [0.05, 0.1) is 18.2 Å². The third-order valence-electron chi connectivity index (χ3n) is 9.13. The number of hydrogen-bond donors (Lipinski definition) is 1. The van der Waals surface area contributed by atoms with E-state index in [1.54, 1.807) is 7.11 Å². The maximum absolute atomic E-state index is 6.69. The Bertz CT molecular complexity index is 850. The molecule has 2 unspecified atom stereocenters. The highest BCUT2D eigenvalue weighted by molar-refractivity contribution is 5.47. The molecule has 5 fully saturated rings. The Kier molecular flexibility index (Phi) is 5.61. The van der Waals surface area contributed by atoms with Gasteiger partial charge in [0.15, 0.2) is 17.8 Å². The van der Waals surface area contributed by atoms with Gasteiger partial charge in [-0.3, -0.25) is 0 Å². The van der Waals surface area contributed by atoms with Crippen molar-refractivity contribution in [1.82, 2.24) is 5.32 Å². The van der Waals surface area contributed by atoms with Crippen LogP contribution in [-0.2, 0) is 10.3 Å². The number of rotatable bonds is 7. The summed E-state index contributed by atoms with van der Waals surface area (Å²) in [5, 5.41) is 3.80. The van der Waals surface area contributed by atoms with Crippen molar-refractivity contribution >= 4 is 0 Å². The molecule has 1 N–H and O–H groups in total. The molecule has 1 heterocycles. The maximum atomic E-state index is 6.69. The molecule has 33 heavy (non-hydrogen) atoms. The Morgan fingerprint density at radius 3 is 2.06 bits per heavy atom. The zero-order valence-corrected chi connectivity index (χ0v) is 21.9. The van der Waals surface area contributed by atoms with Gasteiger partial charge in [0, 0.05) is 6.54 Å². The van der Waals surface area contributed by atoms with E-state index in [1.165, 1.54) is 44.1 Å². The van der Waals surface area contributed by atoms with Crippen molar-refractivity contribution < 1.29 is 14.2 Å². The summed E-state index contributed by atoms with van der Waals surface area (Å²) in [6.07, 6.45) is 8.73. The van der Waals surface area contributed by atoms with E-state index in [0.29, 0.717) is 0 Å². The summed E-state index contributed by atoms with van der Waals surface area (Å²) < 4.78 is 18.9. The Morgan fingerprint density at radius 1 is 1.00 bits per heavy atom. The molecule has 4 heteroatoms. The fourth-order valence-corrected chi connectivity index (χ4v) is 8.11. The lowest BCUT2D eigenvalue weighted by atomic mass is 9.54. The molecule has 2 atom stereocenters. The monoisotopic (exact) mass is 455 g/mol. The first kappa shape index (κ1) is 23.5. The molecular formula is C29H45NO3. The van der Waals surface area contributed by atoms with Gasteiger partial charge in [0.2, 0.25) is 0 Å². The third kappa shape index (κ3) is 4.20. The zero-order valence-electron chi connectivity index (χ0n) is 21.9. The minimum Gasteiger partial charge on any atom is -0.493 e. The van der Waals surface area contributed by atoms with Gasteiger partial charge in [0.25, 0.3) is 0 Å². The fourth-order valence-electron chi connectivity index (χ4n) is 8.11. The number of ether oxygens (including phenoxy) is 3. The summed E-state index contributed by atoms with van der Waals surface area (Å²) in [5.74, 6) is 4.19. The Balaban J connectivity index is 1.33. The second kappa shape index (κ2) is 7.88. The van der Waals surface area contributed by atoms with Crippen molar-refractivity contribution in [3.63, 3.8) is 0 Å². The van der Waals surface area contributed by atoms with Crippen molar-refractivity contribution in [3.05, 3.63) is 23.8 Å². The Labute approximate surface area is 201 Å². The summed E-state index contributed by atoms with van der Waals surface area (Å²) in [4.78, 5) is 0. The first-order valence-electron chi connectivity index (χ1n) is 13.2. The van der Waals surface area contributed by atoms with Crippen LogP contribution in [0.2, 0.25) is 0 Å². The standard InChI is InChI=1S/C29H45NO3/c1-19(33-28-14-20-10-21(15-28)12-22(11-20)16-28)32-24-9-8-23(13-25(24)31-7)29(17-26(2,3)4)27(5,6)18-30-29/h8-9,13,19-22,30H,10-12,14-18H2,1-7H3. The Hall–Kier alpha value is -1.26. The molecule has 0 spiro atoms. The highest BCUT2D eigenvalue weighted by Gasteiger charge is 2.55. The second-order valence-corrected chi connectivity index (χ2v) is 13.6. The second-order valence-electron chi connectivity index (χ2n) is 13.6. The molecule has 6 rings (SSSR count). The van der Waals surface area contributed by atoms with E-state index < -0.39 is 0 Å². The number of benzene rings is 1. The molecule has 1 saturated heterocycles. The number of methoxy groups -OCH3 is 1. The van der Waals surface area contributed by atoms with Crippen LogP contribution in [0.15, 0.2) is 18.2 Å². The van der Waals surface area contributed by atoms with Crippen molar-refractivity contribution in [1.29, 1.82) is 0 Å². The van der Waals surface area contributed by atoms with Gasteiger partial charge in [-0.15, -0.1) is 0 Å². The quantitative estimate of drug-likeness (QED) is 0.466. The first-order valence-corrected chi connectivity index (χ1v) is 13.2. The van der Waals surface area contributed by atoms with Gasteiger partial charge < -0.3 is 19.5 Å². The SMILES string of the molecule is COc1cc(C2(CC(C)(C)C)NCC2(C)C)ccc1OC(C)OC12CC3CC(CC(C3)C1)C2. The molecule has 0 aromatic heterocycles. The van der Waals surface area contributed by atoms with Crippen LogP contribution < -0.4 is 14.8 Å². The van der Waals surface area contributed by atoms with Crippen molar-refractivity contribution in [2.75, 3.05) is 13.7 Å². The predicted molar refractivity (Wildman–Crippen MR) is 133 cm³/mol. The normalized spacial score (nSPS) is 37.5. The summed E-state index contributed by atoms with van der Waals surface area (Å²) in [5.41, 5.74) is 1.67. The maximum Gasteiger partial charge on any atom is 0.197 e. The lowest BCUT2D eigenvalue weighted by Crippen LogP contribution is -2.69. The van der Waals surface area contributed by atoms with Gasteiger partial charge in [-0.05, 0) is 98.1 Å². The molecule has 4 nitrogen and oxygen atoms in total. The van der Waals surface area contributed by atoms with Crippen molar-refractivity contribution in [2.45, 2.75) is 104 Å². The minimum atomic E-state index is -0.275. The van der Waals surface area contributed by atoms with Crippen LogP contribution >= 0.6 is 0 Å². The van der Waals surface area contributed by atoms with E-state index in [4.69, 9.17) is 14.2 Å². The highest BCUT2D eigenvalue weighted by Crippen LogP contribution is 2.58. The molecule has 5 aliphatic rings. The largest absolute Gasteiger partial charge is 0.493 e. The van der Waals surface area contributed by atoms with Gasteiger partial charge in [-0.25, -0.2) is 0 Å². The van der Waals surface area contributed by atoms with E-state index in [1.807, 2.05) is 0 Å².